The minimum atomic E-state index is -3.52. The molecule has 0 heterocycles. The van der Waals surface area contributed by atoms with E-state index in [1.165, 1.54) is 6.07 Å². The fourth-order valence-electron chi connectivity index (χ4n) is 2.56. The lowest BCUT2D eigenvalue weighted by Crippen LogP contribution is -2.32. The first-order chi connectivity index (χ1) is 8.95. The molecule has 0 aromatic heterocycles. The molecule has 6 heteroatoms. The highest BCUT2D eigenvalue weighted by atomic mass is 32.2. The summed E-state index contributed by atoms with van der Waals surface area (Å²) < 4.78 is 43.3. The predicted octanol–water partition coefficient (Wildman–Crippen LogP) is 2.14. The van der Waals surface area contributed by atoms with E-state index in [4.69, 9.17) is 10.5 Å². The number of ether oxygens (including phenoxy) is 1. The first-order valence-electron chi connectivity index (χ1n) is 6.27. The number of hydrogen-bond acceptors (Lipinski definition) is 4. The van der Waals surface area contributed by atoms with E-state index in [1.54, 1.807) is 7.11 Å². The van der Waals surface area contributed by atoms with Gasteiger partial charge in [-0.2, -0.15) is 0 Å². The van der Waals surface area contributed by atoms with E-state index >= 15 is 0 Å². The summed E-state index contributed by atoms with van der Waals surface area (Å²) in [5.41, 5.74) is 5.60. The van der Waals surface area contributed by atoms with Gasteiger partial charge in [0.15, 0.2) is 9.84 Å². The Bertz CT molecular complexity index is 559. The van der Waals surface area contributed by atoms with Gasteiger partial charge in [-0.15, -0.1) is 0 Å². The van der Waals surface area contributed by atoms with Crippen LogP contribution < -0.4 is 5.73 Å². The van der Waals surface area contributed by atoms with Crippen molar-refractivity contribution in [1.29, 1.82) is 0 Å². The largest absolute Gasteiger partial charge is 0.398 e. The molecule has 1 aromatic rings. The second-order valence-corrected chi connectivity index (χ2v) is 7.07. The van der Waals surface area contributed by atoms with Crippen LogP contribution in [-0.4, -0.2) is 26.9 Å². The molecule has 0 aliphatic heterocycles. The van der Waals surface area contributed by atoms with Crippen molar-refractivity contribution in [3.63, 3.8) is 0 Å². The molecule has 0 spiro atoms. The summed E-state index contributed by atoms with van der Waals surface area (Å²) in [6, 6.07) is 3.42. The van der Waals surface area contributed by atoms with Crippen molar-refractivity contribution in [3.05, 3.63) is 24.0 Å². The number of benzene rings is 1. The topological polar surface area (TPSA) is 69.4 Å². The third-order valence-corrected chi connectivity index (χ3v) is 5.92. The maximum Gasteiger partial charge on any atom is 0.183 e. The lowest BCUT2D eigenvalue weighted by Gasteiger charge is -2.28. The zero-order chi connectivity index (χ0) is 14.0. The zero-order valence-electron chi connectivity index (χ0n) is 10.8. The van der Waals surface area contributed by atoms with Gasteiger partial charge in [-0.1, -0.05) is 0 Å². The zero-order valence-corrected chi connectivity index (χ0v) is 11.6. The molecule has 1 aliphatic carbocycles. The van der Waals surface area contributed by atoms with Gasteiger partial charge in [0.05, 0.1) is 21.9 Å². The molecule has 0 bridgehead atoms. The van der Waals surface area contributed by atoms with Crippen molar-refractivity contribution in [1.82, 2.24) is 0 Å². The van der Waals surface area contributed by atoms with Gasteiger partial charge in [0, 0.05) is 7.11 Å². The Labute approximate surface area is 112 Å². The van der Waals surface area contributed by atoms with E-state index in [0.717, 1.165) is 25.0 Å². The van der Waals surface area contributed by atoms with Crippen LogP contribution >= 0.6 is 0 Å². The van der Waals surface area contributed by atoms with Crippen LogP contribution in [0.1, 0.15) is 25.7 Å². The third kappa shape index (κ3) is 2.90. The minimum absolute atomic E-state index is 0.0238. The molecule has 2 N–H and O–H groups in total. The molecule has 2 rings (SSSR count). The van der Waals surface area contributed by atoms with Gasteiger partial charge >= 0.3 is 0 Å². The first kappa shape index (κ1) is 14.3. The Hall–Kier alpha value is -1.14. The summed E-state index contributed by atoms with van der Waals surface area (Å²) in [5, 5.41) is -0.501. The number of halogens is 1. The number of rotatable bonds is 3. The highest BCUT2D eigenvalue weighted by molar-refractivity contribution is 7.92. The van der Waals surface area contributed by atoms with Gasteiger partial charge in [-0.25, -0.2) is 12.8 Å². The Balaban J connectivity index is 2.31. The average Bonchev–Trinajstić information content (AvgIpc) is 2.38. The maximum atomic E-state index is 13.0. The molecule has 0 saturated heterocycles. The first-order valence-corrected chi connectivity index (χ1v) is 7.81. The summed E-state index contributed by atoms with van der Waals surface area (Å²) in [5.74, 6) is -0.533. The fraction of sp³-hybridized carbons (Fsp3) is 0.538. The average molecular weight is 287 g/mol. The standard InChI is InChI=1S/C13H18FNO3S/c1-18-10-3-2-4-11(8-10)19(16,17)13-6-5-9(14)7-12(13)15/h5-7,10-11H,2-4,8,15H2,1H3. The van der Waals surface area contributed by atoms with Gasteiger partial charge in [-0.3, -0.25) is 0 Å². The molecule has 0 radical (unpaired) electrons. The number of anilines is 1. The molecule has 2 atom stereocenters. The Morgan fingerprint density at radius 1 is 1.37 bits per heavy atom. The van der Waals surface area contributed by atoms with Gasteiger partial charge in [0.1, 0.15) is 5.82 Å². The second-order valence-electron chi connectivity index (χ2n) is 4.87. The highest BCUT2D eigenvalue weighted by Crippen LogP contribution is 2.32. The van der Waals surface area contributed by atoms with Crippen LogP contribution in [0.4, 0.5) is 10.1 Å². The van der Waals surface area contributed by atoms with E-state index in [-0.39, 0.29) is 16.7 Å². The van der Waals surface area contributed by atoms with Gasteiger partial charge in [0.25, 0.3) is 0 Å². The van der Waals surface area contributed by atoms with E-state index in [1.807, 2.05) is 0 Å². The highest BCUT2D eigenvalue weighted by Gasteiger charge is 2.34. The lowest BCUT2D eigenvalue weighted by atomic mass is 9.97. The molecule has 19 heavy (non-hydrogen) atoms. The van der Waals surface area contributed by atoms with Crippen molar-refractivity contribution in [2.24, 2.45) is 0 Å². The van der Waals surface area contributed by atoms with Gasteiger partial charge in [-0.05, 0) is 43.9 Å². The second kappa shape index (κ2) is 5.46. The van der Waals surface area contributed by atoms with Crippen LogP contribution in [-0.2, 0) is 14.6 Å². The quantitative estimate of drug-likeness (QED) is 0.683. The number of hydrogen-bond donors (Lipinski definition) is 1. The molecule has 106 valence electrons. The summed E-state index contributed by atoms with van der Waals surface area (Å²) in [6.07, 6.45) is 2.72. The third-order valence-electron chi connectivity index (χ3n) is 3.63. The predicted molar refractivity (Wildman–Crippen MR) is 71.1 cm³/mol. The summed E-state index contributed by atoms with van der Waals surface area (Å²) in [4.78, 5) is 0.0238. The lowest BCUT2D eigenvalue weighted by molar-refractivity contribution is 0.0720. The molecule has 1 aromatic carbocycles. The van der Waals surface area contributed by atoms with Crippen molar-refractivity contribution in [2.75, 3.05) is 12.8 Å². The Morgan fingerprint density at radius 2 is 2.11 bits per heavy atom. The van der Waals surface area contributed by atoms with E-state index < -0.39 is 20.9 Å². The van der Waals surface area contributed by atoms with Crippen LogP contribution in [0.3, 0.4) is 0 Å². The molecule has 1 fully saturated rings. The molecular formula is C13H18FNO3S. The van der Waals surface area contributed by atoms with Crippen LogP contribution in [0.25, 0.3) is 0 Å². The Morgan fingerprint density at radius 3 is 2.74 bits per heavy atom. The molecule has 0 amide bonds. The molecular weight excluding hydrogens is 269 g/mol. The normalized spacial score (nSPS) is 24.3. The van der Waals surface area contributed by atoms with E-state index in [9.17, 15) is 12.8 Å². The number of nitrogens with two attached hydrogens (primary N) is 1. The summed E-state index contributed by atoms with van der Waals surface area (Å²) in [6.45, 7) is 0. The van der Waals surface area contributed by atoms with Crippen molar-refractivity contribution in [3.8, 4) is 0 Å². The molecule has 4 nitrogen and oxygen atoms in total. The van der Waals surface area contributed by atoms with Crippen LogP contribution in [0.2, 0.25) is 0 Å². The van der Waals surface area contributed by atoms with Crippen molar-refractivity contribution in [2.45, 2.75) is 41.9 Å². The van der Waals surface area contributed by atoms with Crippen LogP contribution in [0, 0.1) is 5.82 Å². The Kier molecular flexibility index (Phi) is 4.10. The molecule has 2 unspecified atom stereocenters. The number of nitrogen functional groups attached to an aromatic ring is 1. The van der Waals surface area contributed by atoms with E-state index in [0.29, 0.717) is 12.8 Å². The van der Waals surface area contributed by atoms with Crippen LogP contribution in [0.15, 0.2) is 23.1 Å². The summed E-state index contributed by atoms with van der Waals surface area (Å²) in [7, 11) is -1.93. The summed E-state index contributed by atoms with van der Waals surface area (Å²) >= 11 is 0. The van der Waals surface area contributed by atoms with Crippen molar-refractivity contribution < 1.29 is 17.5 Å². The molecule has 1 aliphatic rings. The van der Waals surface area contributed by atoms with E-state index in [2.05, 4.69) is 0 Å². The maximum absolute atomic E-state index is 13.0. The minimum Gasteiger partial charge on any atom is -0.398 e. The molecule has 1 saturated carbocycles. The van der Waals surface area contributed by atoms with Crippen molar-refractivity contribution >= 4 is 15.5 Å². The smallest absolute Gasteiger partial charge is 0.183 e. The van der Waals surface area contributed by atoms with Gasteiger partial charge in [0.2, 0.25) is 0 Å². The van der Waals surface area contributed by atoms with Gasteiger partial charge < -0.3 is 10.5 Å². The number of sulfone groups is 1. The SMILES string of the molecule is COC1CCCC(S(=O)(=O)c2ccc(F)cc2N)C1. The number of methoxy groups -OCH3 is 1. The fourth-order valence-corrected chi connectivity index (χ4v) is 4.51. The monoisotopic (exact) mass is 287 g/mol. The van der Waals surface area contributed by atoms with Crippen LogP contribution in [0.5, 0.6) is 0 Å².